The fourth-order valence-electron chi connectivity index (χ4n) is 3.01. The van der Waals surface area contributed by atoms with Crippen molar-refractivity contribution < 1.29 is 14.6 Å². The molecule has 1 unspecified atom stereocenters. The first-order valence-corrected chi connectivity index (χ1v) is 7.77. The molecule has 1 saturated heterocycles. The van der Waals surface area contributed by atoms with Crippen molar-refractivity contribution >= 4 is 5.91 Å². The fourth-order valence-corrected chi connectivity index (χ4v) is 3.01. The van der Waals surface area contributed by atoms with Crippen molar-refractivity contribution in [3.63, 3.8) is 0 Å². The van der Waals surface area contributed by atoms with E-state index in [1.807, 2.05) is 36.1 Å². The number of aliphatic hydroxyl groups is 1. The minimum absolute atomic E-state index is 0.199. The van der Waals surface area contributed by atoms with Crippen LogP contribution < -0.4 is 4.74 Å². The van der Waals surface area contributed by atoms with E-state index in [9.17, 15) is 9.90 Å². The molecule has 1 heterocycles. The van der Waals surface area contributed by atoms with Gasteiger partial charge in [0.05, 0.1) is 6.54 Å². The molecule has 1 atom stereocenters. The Morgan fingerprint density at radius 1 is 1.43 bits per heavy atom. The second-order valence-corrected chi connectivity index (χ2v) is 6.42. The third-order valence-corrected chi connectivity index (χ3v) is 4.69. The number of carbonyl (C=O) groups excluding carboxylic acids is 1. The van der Waals surface area contributed by atoms with E-state index in [0.29, 0.717) is 19.5 Å². The molecule has 0 radical (unpaired) electrons. The van der Waals surface area contributed by atoms with E-state index in [1.165, 1.54) is 0 Å². The first-order chi connectivity index (χ1) is 10.1. The van der Waals surface area contributed by atoms with E-state index in [4.69, 9.17) is 4.74 Å². The number of hydrogen-bond donors (Lipinski definition) is 1. The third kappa shape index (κ3) is 3.05. The Labute approximate surface area is 125 Å². The topological polar surface area (TPSA) is 49.8 Å². The van der Waals surface area contributed by atoms with Crippen molar-refractivity contribution in [3.8, 4) is 5.75 Å². The summed E-state index contributed by atoms with van der Waals surface area (Å²) in [5.41, 5.74) is 0.142. The van der Waals surface area contributed by atoms with E-state index in [0.717, 1.165) is 30.6 Å². The molecule has 114 valence electrons. The SMILES string of the molecule is Cc1ccccc1OCC1(O)CCN(C(=O)C2CCC2)C1. The monoisotopic (exact) mass is 289 g/mol. The number of amides is 1. The number of rotatable bonds is 4. The number of hydrogen-bond acceptors (Lipinski definition) is 3. The van der Waals surface area contributed by atoms with Crippen LogP contribution in [0.25, 0.3) is 0 Å². The molecule has 21 heavy (non-hydrogen) atoms. The average molecular weight is 289 g/mol. The molecule has 0 bridgehead atoms. The average Bonchev–Trinajstić information content (AvgIpc) is 2.79. The molecule has 0 spiro atoms. The van der Waals surface area contributed by atoms with E-state index in [1.54, 1.807) is 0 Å². The summed E-state index contributed by atoms with van der Waals surface area (Å²) in [6, 6.07) is 7.78. The summed E-state index contributed by atoms with van der Waals surface area (Å²) in [5, 5.41) is 10.6. The van der Waals surface area contributed by atoms with Crippen LogP contribution in [-0.2, 0) is 4.79 Å². The van der Waals surface area contributed by atoms with Gasteiger partial charge in [0.2, 0.25) is 5.91 Å². The maximum atomic E-state index is 12.2. The molecule has 1 N–H and O–H groups in total. The smallest absolute Gasteiger partial charge is 0.225 e. The van der Waals surface area contributed by atoms with Gasteiger partial charge in [-0.3, -0.25) is 4.79 Å². The van der Waals surface area contributed by atoms with Gasteiger partial charge >= 0.3 is 0 Å². The third-order valence-electron chi connectivity index (χ3n) is 4.69. The van der Waals surface area contributed by atoms with E-state index >= 15 is 0 Å². The summed E-state index contributed by atoms with van der Waals surface area (Å²) >= 11 is 0. The quantitative estimate of drug-likeness (QED) is 0.924. The molecule has 1 aliphatic carbocycles. The number of aryl methyl sites for hydroxylation is 1. The Kier molecular flexibility index (Phi) is 3.89. The van der Waals surface area contributed by atoms with Gasteiger partial charge in [-0.25, -0.2) is 0 Å². The van der Waals surface area contributed by atoms with Gasteiger partial charge in [-0.1, -0.05) is 24.6 Å². The molecule has 1 aliphatic heterocycles. The molecular weight excluding hydrogens is 266 g/mol. The van der Waals surface area contributed by atoms with Gasteiger partial charge in [0, 0.05) is 12.5 Å². The fraction of sp³-hybridized carbons (Fsp3) is 0.588. The van der Waals surface area contributed by atoms with Crippen LogP contribution in [0.2, 0.25) is 0 Å². The molecule has 4 heteroatoms. The lowest BCUT2D eigenvalue weighted by molar-refractivity contribution is -0.138. The minimum atomic E-state index is -0.915. The lowest BCUT2D eigenvalue weighted by Crippen LogP contribution is -2.43. The predicted octanol–water partition coefficient (Wildman–Crippen LogP) is 2.14. The maximum Gasteiger partial charge on any atom is 0.225 e. The second-order valence-electron chi connectivity index (χ2n) is 6.42. The van der Waals surface area contributed by atoms with Crippen LogP contribution in [0.15, 0.2) is 24.3 Å². The van der Waals surface area contributed by atoms with Crippen molar-refractivity contribution in [1.82, 2.24) is 4.90 Å². The van der Waals surface area contributed by atoms with Gasteiger partial charge in [0.15, 0.2) is 0 Å². The largest absolute Gasteiger partial charge is 0.490 e. The van der Waals surface area contributed by atoms with Crippen molar-refractivity contribution in [2.45, 2.75) is 38.2 Å². The highest BCUT2D eigenvalue weighted by molar-refractivity contribution is 5.80. The highest BCUT2D eigenvalue weighted by atomic mass is 16.5. The zero-order valence-corrected chi connectivity index (χ0v) is 12.5. The van der Waals surface area contributed by atoms with Crippen LogP contribution in [0.1, 0.15) is 31.2 Å². The molecule has 2 fully saturated rings. The Bertz CT molecular complexity index is 527. The van der Waals surface area contributed by atoms with Crippen molar-refractivity contribution in [3.05, 3.63) is 29.8 Å². The van der Waals surface area contributed by atoms with Crippen LogP contribution in [0, 0.1) is 12.8 Å². The molecule has 2 aliphatic rings. The first-order valence-electron chi connectivity index (χ1n) is 7.77. The van der Waals surface area contributed by atoms with E-state index in [-0.39, 0.29) is 18.4 Å². The van der Waals surface area contributed by atoms with Crippen LogP contribution in [0.3, 0.4) is 0 Å². The second kappa shape index (κ2) is 5.68. The number of likely N-dealkylation sites (tertiary alicyclic amines) is 1. The summed E-state index contributed by atoms with van der Waals surface area (Å²) in [5.74, 6) is 1.22. The van der Waals surface area contributed by atoms with E-state index in [2.05, 4.69) is 0 Å². The van der Waals surface area contributed by atoms with E-state index < -0.39 is 5.60 Å². The summed E-state index contributed by atoms with van der Waals surface area (Å²) < 4.78 is 5.76. The zero-order valence-electron chi connectivity index (χ0n) is 12.5. The highest BCUT2D eigenvalue weighted by Gasteiger charge is 2.41. The van der Waals surface area contributed by atoms with Crippen LogP contribution >= 0.6 is 0 Å². The Hall–Kier alpha value is -1.55. The number of benzene rings is 1. The van der Waals surface area contributed by atoms with Crippen molar-refractivity contribution in [2.75, 3.05) is 19.7 Å². The molecule has 1 saturated carbocycles. The summed E-state index contributed by atoms with van der Waals surface area (Å²) in [6.45, 7) is 3.27. The Morgan fingerprint density at radius 2 is 2.19 bits per heavy atom. The normalized spacial score (nSPS) is 25.7. The van der Waals surface area contributed by atoms with Crippen LogP contribution in [0.5, 0.6) is 5.75 Å². The molecule has 1 aromatic carbocycles. The van der Waals surface area contributed by atoms with Crippen molar-refractivity contribution in [1.29, 1.82) is 0 Å². The lowest BCUT2D eigenvalue weighted by Gasteiger charge is -2.30. The minimum Gasteiger partial charge on any atom is -0.490 e. The Balaban J connectivity index is 1.56. The standard InChI is InChI=1S/C17H23NO3/c1-13-5-2-3-8-15(13)21-12-17(20)9-10-18(11-17)16(19)14-6-4-7-14/h2-3,5,8,14,20H,4,6-7,9-12H2,1H3. The predicted molar refractivity (Wildman–Crippen MR) is 80.2 cm³/mol. The van der Waals surface area contributed by atoms with Crippen molar-refractivity contribution in [2.24, 2.45) is 5.92 Å². The number of para-hydroxylation sites is 1. The number of carbonyl (C=O) groups is 1. The van der Waals surface area contributed by atoms with Gasteiger partial charge in [-0.05, 0) is 37.8 Å². The summed E-state index contributed by atoms with van der Waals surface area (Å²) in [7, 11) is 0. The van der Waals surface area contributed by atoms with Gasteiger partial charge in [-0.2, -0.15) is 0 Å². The van der Waals surface area contributed by atoms with Gasteiger partial charge in [0.1, 0.15) is 18.0 Å². The Morgan fingerprint density at radius 3 is 2.86 bits per heavy atom. The molecule has 1 aromatic rings. The van der Waals surface area contributed by atoms with Gasteiger partial charge in [-0.15, -0.1) is 0 Å². The summed E-state index contributed by atoms with van der Waals surface area (Å²) in [4.78, 5) is 14.0. The molecule has 4 nitrogen and oxygen atoms in total. The number of ether oxygens (including phenoxy) is 1. The molecule has 1 amide bonds. The molecular formula is C17H23NO3. The zero-order chi connectivity index (χ0) is 14.9. The lowest BCUT2D eigenvalue weighted by atomic mass is 9.84. The number of nitrogens with zero attached hydrogens (tertiary/aromatic N) is 1. The summed E-state index contributed by atoms with van der Waals surface area (Å²) in [6.07, 6.45) is 3.77. The van der Waals surface area contributed by atoms with Gasteiger partial charge < -0.3 is 14.7 Å². The first kappa shape index (κ1) is 14.4. The molecule has 3 rings (SSSR count). The van der Waals surface area contributed by atoms with Gasteiger partial charge in [0.25, 0.3) is 0 Å². The highest BCUT2D eigenvalue weighted by Crippen LogP contribution is 2.31. The van der Waals surface area contributed by atoms with Crippen LogP contribution in [-0.4, -0.2) is 41.2 Å². The van der Waals surface area contributed by atoms with Crippen LogP contribution in [0.4, 0.5) is 0 Å². The number of β-amino-alcohol motifs (C(OH)–C–C–N with tert-alkyl or cyclic N) is 1. The molecule has 0 aromatic heterocycles. The maximum absolute atomic E-state index is 12.2.